The van der Waals surface area contributed by atoms with Gasteiger partial charge in [-0.3, -0.25) is 4.79 Å². The van der Waals surface area contributed by atoms with Crippen LogP contribution in [0.2, 0.25) is 0 Å². The summed E-state index contributed by atoms with van der Waals surface area (Å²) in [5.41, 5.74) is 2.05. The molecule has 1 rings (SSSR count). The number of hydrogen-bond donors (Lipinski definition) is 2. The molecule has 0 aromatic heterocycles. The van der Waals surface area contributed by atoms with E-state index >= 15 is 0 Å². The van der Waals surface area contributed by atoms with E-state index < -0.39 is 0 Å². The van der Waals surface area contributed by atoms with Gasteiger partial charge in [-0.15, -0.1) is 0 Å². The fourth-order valence-corrected chi connectivity index (χ4v) is 1.82. The van der Waals surface area contributed by atoms with Gasteiger partial charge in [0.2, 0.25) is 0 Å². The van der Waals surface area contributed by atoms with E-state index in [0.717, 1.165) is 24.3 Å². The summed E-state index contributed by atoms with van der Waals surface area (Å²) >= 11 is 0. The SMILES string of the molecule is CCC(C)(C)NC(=O)COc1ccc(C)cc1CNC. The van der Waals surface area contributed by atoms with Crippen LogP contribution >= 0.6 is 0 Å². The Morgan fingerprint density at radius 2 is 2.05 bits per heavy atom. The molecule has 0 aliphatic carbocycles. The molecule has 0 spiro atoms. The van der Waals surface area contributed by atoms with E-state index in [4.69, 9.17) is 4.74 Å². The molecule has 0 heterocycles. The first-order chi connectivity index (χ1) is 9.38. The number of carbonyl (C=O) groups excluding carboxylic acids is 1. The second-order valence-electron chi connectivity index (χ2n) is 5.72. The molecule has 4 nitrogen and oxygen atoms in total. The molecule has 2 N–H and O–H groups in total. The van der Waals surface area contributed by atoms with Gasteiger partial charge in [-0.05, 0) is 40.3 Å². The molecule has 1 amide bonds. The molecular formula is C16H26N2O2. The zero-order chi connectivity index (χ0) is 15.2. The van der Waals surface area contributed by atoms with E-state index in [1.54, 1.807) is 0 Å². The largest absolute Gasteiger partial charge is 0.483 e. The first-order valence-electron chi connectivity index (χ1n) is 7.06. The Bertz CT molecular complexity index is 456. The zero-order valence-electron chi connectivity index (χ0n) is 13.2. The van der Waals surface area contributed by atoms with Crippen LogP contribution in [0, 0.1) is 6.92 Å². The van der Waals surface area contributed by atoms with Gasteiger partial charge in [0.25, 0.3) is 5.91 Å². The molecule has 1 aromatic rings. The van der Waals surface area contributed by atoms with Crippen LogP contribution in [0.4, 0.5) is 0 Å². The van der Waals surface area contributed by atoms with Crippen molar-refractivity contribution in [3.05, 3.63) is 29.3 Å². The van der Waals surface area contributed by atoms with Crippen LogP contribution in [0.1, 0.15) is 38.3 Å². The highest BCUT2D eigenvalue weighted by Crippen LogP contribution is 2.20. The summed E-state index contributed by atoms with van der Waals surface area (Å²) in [5.74, 6) is 0.669. The van der Waals surface area contributed by atoms with Crippen LogP contribution in [-0.2, 0) is 11.3 Å². The summed E-state index contributed by atoms with van der Waals surface area (Å²) in [6, 6.07) is 5.97. The Balaban J connectivity index is 2.63. The second kappa shape index (κ2) is 7.29. The Hall–Kier alpha value is -1.55. The summed E-state index contributed by atoms with van der Waals surface area (Å²) in [7, 11) is 1.89. The average molecular weight is 278 g/mol. The maximum Gasteiger partial charge on any atom is 0.258 e. The van der Waals surface area contributed by atoms with Crippen molar-refractivity contribution in [3.63, 3.8) is 0 Å². The van der Waals surface area contributed by atoms with Crippen molar-refractivity contribution in [1.29, 1.82) is 0 Å². The average Bonchev–Trinajstić information content (AvgIpc) is 2.38. The maximum absolute atomic E-state index is 11.9. The second-order valence-corrected chi connectivity index (χ2v) is 5.72. The smallest absolute Gasteiger partial charge is 0.258 e. The summed E-state index contributed by atoms with van der Waals surface area (Å²) in [6.07, 6.45) is 0.883. The molecule has 0 atom stereocenters. The summed E-state index contributed by atoms with van der Waals surface area (Å²) in [5, 5.41) is 6.07. The molecule has 0 fully saturated rings. The Morgan fingerprint density at radius 1 is 1.35 bits per heavy atom. The highest BCUT2D eigenvalue weighted by Gasteiger charge is 2.18. The van der Waals surface area contributed by atoms with Crippen LogP contribution in [0.5, 0.6) is 5.75 Å². The quantitative estimate of drug-likeness (QED) is 0.805. The fourth-order valence-electron chi connectivity index (χ4n) is 1.82. The first-order valence-corrected chi connectivity index (χ1v) is 7.06. The third-order valence-corrected chi connectivity index (χ3v) is 3.30. The van der Waals surface area contributed by atoms with Crippen LogP contribution in [0.3, 0.4) is 0 Å². The number of ether oxygens (including phenoxy) is 1. The normalized spacial score (nSPS) is 11.2. The summed E-state index contributed by atoms with van der Waals surface area (Å²) < 4.78 is 5.64. The summed E-state index contributed by atoms with van der Waals surface area (Å²) in [6.45, 7) is 8.86. The first kappa shape index (κ1) is 16.5. The van der Waals surface area contributed by atoms with Crippen LogP contribution in [0.15, 0.2) is 18.2 Å². The lowest BCUT2D eigenvalue weighted by atomic mass is 10.0. The van der Waals surface area contributed by atoms with Crippen molar-refractivity contribution < 1.29 is 9.53 Å². The third kappa shape index (κ3) is 5.21. The number of amides is 1. The van der Waals surface area contributed by atoms with Crippen molar-refractivity contribution in [3.8, 4) is 5.75 Å². The van der Waals surface area contributed by atoms with E-state index in [-0.39, 0.29) is 18.1 Å². The molecule has 0 aliphatic heterocycles. The molecule has 0 saturated carbocycles. The Morgan fingerprint density at radius 3 is 2.65 bits per heavy atom. The van der Waals surface area contributed by atoms with Gasteiger partial charge in [-0.1, -0.05) is 24.6 Å². The highest BCUT2D eigenvalue weighted by molar-refractivity contribution is 5.78. The van der Waals surface area contributed by atoms with Gasteiger partial charge in [0.1, 0.15) is 5.75 Å². The lowest BCUT2D eigenvalue weighted by Crippen LogP contribution is -2.44. The van der Waals surface area contributed by atoms with Gasteiger partial charge in [-0.2, -0.15) is 0 Å². The highest BCUT2D eigenvalue weighted by atomic mass is 16.5. The van der Waals surface area contributed by atoms with Crippen molar-refractivity contribution >= 4 is 5.91 Å². The van der Waals surface area contributed by atoms with Gasteiger partial charge in [-0.25, -0.2) is 0 Å². The van der Waals surface area contributed by atoms with Crippen molar-refractivity contribution in [1.82, 2.24) is 10.6 Å². The number of carbonyl (C=O) groups is 1. The van der Waals surface area contributed by atoms with Gasteiger partial charge >= 0.3 is 0 Å². The molecular weight excluding hydrogens is 252 g/mol. The topological polar surface area (TPSA) is 50.4 Å². The molecule has 0 radical (unpaired) electrons. The summed E-state index contributed by atoms with van der Waals surface area (Å²) in [4.78, 5) is 11.9. The number of benzene rings is 1. The van der Waals surface area contributed by atoms with E-state index in [1.165, 1.54) is 5.56 Å². The fraction of sp³-hybridized carbons (Fsp3) is 0.562. The minimum absolute atomic E-state index is 0.0448. The predicted octanol–water partition coefficient (Wildman–Crippen LogP) is 2.40. The van der Waals surface area contributed by atoms with Crippen LogP contribution in [-0.4, -0.2) is 25.1 Å². The van der Waals surface area contributed by atoms with E-state index in [0.29, 0.717) is 0 Å². The van der Waals surface area contributed by atoms with Crippen LogP contribution < -0.4 is 15.4 Å². The Labute approximate surface area is 121 Å². The molecule has 0 unspecified atom stereocenters. The van der Waals surface area contributed by atoms with Gasteiger partial charge in [0.05, 0.1) is 0 Å². The van der Waals surface area contributed by atoms with Crippen LogP contribution in [0.25, 0.3) is 0 Å². The predicted molar refractivity (Wildman–Crippen MR) is 82.0 cm³/mol. The molecule has 1 aromatic carbocycles. The van der Waals surface area contributed by atoms with E-state index in [2.05, 4.69) is 16.7 Å². The molecule has 0 aliphatic rings. The molecule has 0 bridgehead atoms. The lowest BCUT2D eigenvalue weighted by Gasteiger charge is -2.24. The molecule has 4 heteroatoms. The number of rotatable bonds is 7. The molecule has 20 heavy (non-hydrogen) atoms. The maximum atomic E-state index is 11.9. The molecule has 0 saturated heterocycles. The number of nitrogens with one attached hydrogen (secondary N) is 2. The van der Waals surface area contributed by atoms with Gasteiger partial charge in [0.15, 0.2) is 6.61 Å². The lowest BCUT2D eigenvalue weighted by molar-refractivity contribution is -0.124. The number of aryl methyl sites for hydroxylation is 1. The number of hydrogen-bond acceptors (Lipinski definition) is 3. The van der Waals surface area contributed by atoms with E-state index in [9.17, 15) is 4.79 Å². The van der Waals surface area contributed by atoms with Gasteiger partial charge in [0, 0.05) is 17.6 Å². The standard InChI is InChI=1S/C16H26N2O2/c1-6-16(3,4)18-15(19)11-20-14-8-7-12(2)9-13(14)10-17-5/h7-9,17H,6,10-11H2,1-5H3,(H,18,19). The van der Waals surface area contributed by atoms with Gasteiger partial charge < -0.3 is 15.4 Å². The van der Waals surface area contributed by atoms with Crippen molar-refractivity contribution in [2.24, 2.45) is 0 Å². The Kier molecular flexibility index (Phi) is 6.02. The minimum atomic E-state index is -0.193. The minimum Gasteiger partial charge on any atom is -0.483 e. The van der Waals surface area contributed by atoms with Crippen molar-refractivity contribution in [2.75, 3.05) is 13.7 Å². The third-order valence-electron chi connectivity index (χ3n) is 3.30. The van der Waals surface area contributed by atoms with Crippen molar-refractivity contribution in [2.45, 2.75) is 46.2 Å². The molecule has 112 valence electrons. The van der Waals surface area contributed by atoms with E-state index in [1.807, 2.05) is 46.9 Å². The monoisotopic (exact) mass is 278 g/mol. The zero-order valence-corrected chi connectivity index (χ0v) is 13.2.